The second-order valence-electron chi connectivity index (χ2n) is 3.70. The number of para-hydroxylation sites is 1. The second-order valence-corrected chi connectivity index (χ2v) is 5.44. The SMILES string of the molecule is O=[N+]([O-])c1c(F)cccc1S(=O)(=O)NCc1ncc[nH]1. The molecule has 1 aromatic carbocycles. The third kappa shape index (κ3) is 2.81. The monoisotopic (exact) mass is 300 g/mol. The number of imidazole rings is 1. The zero-order valence-electron chi connectivity index (χ0n) is 9.91. The lowest BCUT2D eigenvalue weighted by Crippen LogP contribution is -2.24. The van der Waals surface area contributed by atoms with E-state index in [1.807, 2.05) is 0 Å². The first-order valence-corrected chi connectivity index (χ1v) is 6.81. The van der Waals surface area contributed by atoms with Crippen LogP contribution in [0.4, 0.5) is 10.1 Å². The lowest BCUT2D eigenvalue weighted by molar-refractivity contribution is -0.390. The molecule has 0 aliphatic carbocycles. The average molecular weight is 300 g/mol. The molecule has 0 fully saturated rings. The van der Waals surface area contributed by atoms with E-state index in [2.05, 4.69) is 14.7 Å². The van der Waals surface area contributed by atoms with Crippen LogP contribution < -0.4 is 4.72 Å². The quantitative estimate of drug-likeness (QED) is 0.629. The zero-order chi connectivity index (χ0) is 14.8. The van der Waals surface area contributed by atoms with Crippen molar-refractivity contribution in [3.8, 4) is 0 Å². The summed E-state index contributed by atoms with van der Waals surface area (Å²) in [6.45, 7) is -0.191. The topological polar surface area (TPSA) is 118 Å². The van der Waals surface area contributed by atoms with Crippen molar-refractivity contribution < 1.29 is 17.7 Å². The van der Waals surface area contributed by atoms with E-state index in [1.54, 1.807) is 0 Å². The maximum atomic E-state index is 13.4. The van der Waals surface area contributed by atoms with Gasteiger partial charge in [0.05, 0.1) is 11.5 Å². The molecule has 0 radical (unpaired) electrons. The smallest absolute Gasteiger partial charge is 0.324 e. The Labute approximate surface area is 112 Å². The van der Waals surface area contributed by atoms with E-state index in [4.69, 9.17) is 0 Å². The van der Waals surface area contributed by atoms with Crippen molar-refractivity contribution in [2.24, 2.45) is 0 Å². The Morgan fingerprint density at radius 1 is 1.45 bits per heavy atom. The Hall–Kier alpha value is -2.33. The van der Waals surface area contributed by atoms with Crippen molar-refractivity contribution in [3.63, 3.8) is 0 Å². The van der Waals surface area contributed by atoms with Crippen LogP contribution in [-0.2, 0) is 16.6 Å². The van der Waals surface area contributed by atoms with Gasteiger partial charge in [-0.25, -0.2) is 18.1 Å². The van der Waals surface area contributed by atoms with E-state index in [-0.39, 0.29) is 6.54 Å². The summed E-state index contributed by atoms with van der Waals surface area (Å²) in [6.07, 6.45) is 2.92. The van der Waals surface area contributed by atoms with Crippen LogP contribution in [-0.4, -0.2) is 23.3 Å². The van der Waals surface area contributed by atoms with E-state index in [0.29, 0.717) is 5.82 Å². The van der Waals surface area contributed by atoms with E-state index in [9.17, 15) is 22.9 Å². The molecule has 0 spiro atoms. The third-order valence-corrected chi connectivity index (χ3v) is 3.84. The van der Waals surface area contributed by atoms with Crippen LogP contribution in [0.3, 0.4) is 0 Å². The van der Waals surface area contributed by atoms with Gasteiger partial charge in [0.1, 0.15) is 5.82 Å². The summed E-state index contributed by atoms with van der Waals surface area (Å²) in [7, 11) is -4.23. The van der Waals surface area contributed by atoms with Crippen LogP contribution in [0.5, 0.6) is 0 Å². The molecule has 2 rings (SSSR count). The number of nitro benzene ring substituents is 1. The molecule has 0 bridgehead atoms. The van der Waals surface area contributed by atoms with Crippen molar-refractivity contribution in [3.05, 3.63) is 52.3 Å². The number of benzene rings is 1. The second kappa shape index (κ2) is 5.35. The lowest BCUT2D eigenvalue weighted by Gasteiger charge is -2.06. The van der Waals surface area contributed by atoms with E-state index in [1.165, 1.54) is 12.4 Å². The number of halogens is 1. The van der Waals surface area contributed by atoms with Gasteiger partial charge in [-0.3, -0.25) is 10.1 Å². The zero-order valence-corrected chi connectivity index (χ0v) is 10.7. The fourth-order valence-electron chi connectivity index (χ4n) is 1.53. The molecule has 0 aliphatic rings. The fraction of sp³-hybridized carbons (Fsp3) is 0.100. The van der Waals surface area contributed by atoms with Crippen molar-refractivity contribution in [2.75, 3.05) is 0 Å². The first kappa shape index (κ1) is 14.1. The normalized spacial score (nSPS) is 11.4. The number of nitrogens with one attached hydrogen (secondary N) is 2. The number of hydrogen-bond donors (Lipinski definition) is 2. The number of H-pyrrole nitrogens is 1. The number of hydrogen-bond acceptors (Lipinski definition) is 5. The molecule has 1 heterocycles. The van der Waals surface area contributed by atoms with Crippen LogP contribution in [0.2, 0.25) is 0 Å². The number of rotatable bonds is 5. The summed E-state index contributed by atoms with van der Waals surface area (Å²) in [5, 5.41) is 10.8. The molecule has 10 heteroatoms. The van der Waals surface area contributed by atoms with Crippen LogP contribution in [0.1, 0.15) is 5.82 Å². The molecule has 0 amide bonds. The molecule has 8 nitrogen and oxygen atoms in total. The maximum absolute atomic E-state index is 13.4. The third-order valence-electron chi connectivity index (χ3n) is 2.41. The summed E-state index contributed by atoms with van der Waals surface area (Å²) >= 11 is 0. The van der Waals surface area contributed by atoms with Crippen LogP contribution in [0, 0.1) is 15.9 Å². The number of sulfonamides is 1. The first-order chi connectivity index (χ1) is 9.42. The van der Waals surface area contributed by atoms with Crippen molar-refractivity contribution in [1.29, 1.82) is 0 Å². The standard InChI is InChI=1S/C10H9FN4O4S/c11-7-2-1-3-8(10(7)15(16)17)20(18,19)14-6-9-12-4-5-13-9/h1-5,14H,6H2,(H,12,13). The highest BCUT2D eigenvalue weighted by atomic mass is 32.2. The van der Waals surface area contributed by atoms with E-state index < -0.39 is 31.3 Å². The Kier molecular flexibility index (Phi) is 3.77. The van der Waals surface area contributed by atoms with Crippen LogP contribution in [0.15, 0.2) is 35.5 Å². The molecule has 20 heavy (non-hydrogen) atoms. The van der Waals surface area contributed by atoms with Gasteiger partial charge in [0.25, 0.3) is 0 Å². The van der Waals surface area contributed by atoms with Gasteiger partial charge in [0.2, 0.25) is 15.8 Å². The molecular formula is C10H9FN4O4S. The van der Waals surface area contributed by atoms with Crippen molar-refractivity contribution >= 4 is 15.7 Å². The summed E-state index contributed by atoms with van der Waals surface area (Å²) in [5.41, 5.74) is -1.08. The molecular weight excluding hydrogens is 291 g/mol. The molecule has 0 saturated carbocycles. The summed E-state index contributed by atoms with van der Waals surface area (Å²) in [4.78, 5) is 15.4. The largest absolute Gasteiger partial charge is 0.347 e. The predicted octanol–water partition coefficient (Wildman–Crippen LogP) is 0.935. The van der Waals surface area contributed by atoms with E-state index >= 15 is 0 Å². The average Bonchev–Trinajstić information content (AvgIpc) is 2.89. The molecule has 2 N–H and O–H groups in total. The molecule has 0 aliphatic heterocycles. The lowest BCUT2D eigenvalue weighted by atomic mass is 10.3. The Morgan fingerprint density at radius 2 is 2.20 bits per heavy atom. The molecule has 0 saturated heterocycles. The molecule has 0 atom stereocenters. The van der Waals surface area contributed by atoms with Gasteiger partial charge in [0.15, 0.2) is 4.90 Å². The maximum Gasteiger partial charge on any atom is 0.324 e. The van der Waals surface area contributed by atoms with Gasteiger partial charge in [-0.15, -0.1) is 0 Å². The first-order valence-electron chi connectivity index (χ1n) is 5.32. The highest BCUT2D eigenvalue weighted by Crippen LogP contribution is 2.26. The predicted molar refractivity (Wildman–Crippen MR) is 65.7 cm³/mol. The highest BCUT2D eigenvalue weighted by Gasteiger charge is 2.29. The highest BCUT2D eigenvalue weighted by molar-refractivity contribution is 7.89. The Morgan fingerprint density at radius 3 is 2.80 bits per heavy atom. The van der Waals surface area contributed by atoms with Gasteiger partial charge >= 0.3 is 5.69 Å². The van der Waals surface area contributed by atoms with Crippen LogP contribution in [0.25, 0.3) is 0 Å². The fourth-order valence-corrected chi connectivity index (χ4v) is 2.69. The summed E-state index contributed by atoms with van der Waals surface area (Å²) in [6, 6.07) is 2.87. The van der Waals surface area contributed by atoms with Crippen molar-refractivity contribution in [1.82, 2.24) is 14.7 Å². The van der Waals surface area contributed by atoms with Gasteiger partial charge in [-0.2, -0.15) is 4.39 Å². The minimum absolute atomic E-state index is 0.191. The number of aromatic nitrogens is 2. The minimum atomic E-state index is -4.23. The number of aromatic amines is 1. The van der Waals surface area contributed by atoms with Crippen molar-refractivity contribution in [2.45, 2.75) is 11.4 Å². The minimum Gasteiger partial charge on any atom is -0.347 e. The number of nitro groups is 1. The van der Waals surface area contributed by atoms with Gasteiger partial charge in [-0.05, 0) is 12.1 Å². The Balaban J connectivity index is 2.34. The molecule has 106 valence electrons. The summed E-state index contributed by atoms with van der Waals surface area (Å²) < 4.78 is 39.5. The molecule has 1 aromatic heterocycles. The van der Waals surface area contributed by atoms with Crippen LogP contribution >= 0.6 is 0 Å². The van der Waals surface area contributed by atoms with E-state index in [0.717, 1.165) is 18.2 Å². The Bertz CT molecular complexity index is 730. The van der Waals surface area contributed by atoms with Gasteiger partial charge in [0, 0.05) is 12.4 Å². The number of nitrogens with zero attached hydrogens (tertiary/aromatic N) is 2. The summed E-state index contributed by atoms with van der Waals surface area (Å²) in [5.74, 6) is -0.886. The van der Waals surface area contributed by atoms with Gasteiger partial charge < -0.3 is 4.98 Å². The molecule has 0 unspecified atom stereocenters. The van der Waals surface area contributed by atoms with Gasteiger partial charge in [-0.1, -0.05) is 6.07 Å². The molecule has 2 aromatic rings.